The van der Waals surface area contributed by atoms with Crippen LogP contribution >= 0.6 is 0 Å². The molecule has 2 saturated heterocycles. The number of fused-ring (bicyclic) bond motifs is 4. The van der Waals surface area contributed by atoms with E-state index in [0.717, 1.165) is 67.3 Å². The first-order chi connectivity index (χ1) is 35.7. The normalized spacial score (nSPS) is 16.3. The van der Waals surface area contributed by atoms with E-state index in [1.807, 2.05) is 19.3 Å². The Morgan fingerprint density at radius 2 is 1.04 bits per heavy atom. The van der Waals surface area contributed by atoms with Crippen molar-refractivity contribution in [1.29, 1.82) is 0 Å². The molecule has 18 heteroatoms. The van der Waals surface area contributed by atoms with Crippen molar-refractivity contribution in [3.63, 3.8) is 0 Å². The van der Waals surface area contributed by atoms with Crippen LogP contribution in [0.15, 0.2) is 116 Å². The number of aryl methyl sites for hydroxylation is 1. The molecule has 3 aliphatic heterocycles. The summed E-state index contributed by atoms with van der Waals surface area (Å²) in [7, 11) is -3.60. The van der Waals surface area contributed by atoms with Crippen LogP contribution in [0.4, 0.5) is 22.7 Å². The van der Waals surface area contributed by atoms with Crippen LogP contribution in [0.5, 0.6) is 0 Å². The van der Waals surface area contributed by atoms with Gasteiger partial charge in [-0.1, -0.05) is 152 Å². The lowest BCUT2D eigenvalue weighted by molar-refractivity contribution is 0.106. The second kappa shape index (κ2) is 20.2. The Bertz CT molecular complexity index is 3160. The van der Waals surface area contributed by atoms with Crippen molar-refractivity contribution in [2.24, 2.45) is 0 Å². The highest BCUT2D eigenvalue weighted by Crippen LogP contribution is 2.45. The van der Waals surface area contributed by atoms with E-state index in [1.54, 1.807) is 0 Å². The van der Waals surface area contributed by atoms with Crippen molar-refractivity contribution in [1.82, 2.24) is 14.5 Å². The van der Waals surface area contributed by atoms with Gasteiger partial charge in [0, 0.05) is 33.9 Å². The molecule has 0 bridgehead atoms. The van der Waals surface area contributed by atoms with E-state index in [4.69, 9.17) is 42.1 Å². The fraction of sp³-hybridized carbons (Fsp3) is 0.414. The van der Waals surface area contributed by atoms with Crippen molar-refractivity contribution in [3.05, 3.63) is 138 Å². The molecule has 0 radical (unpaired) electrons. The molecule has 6 heterocycles. The summed E-state index contributed by atoms with van der Waals surface area (Å²) >= 11 is 0. The van der Waals surface area contributed by atoms with Crippen molar-refractivity contribution in [2.45, 2.75) is 151 Å². The summed E-state index contributed by atoms with van der Waals surface area (Å²) in [6.45, 7) is 35.6. The highest BCUT2D eigenvalue weighted by atomic mass is 16.7. The Morgan fingerprint density at radius 3 is 1.59 bits per heavy atom. The topological polar surface area (TPSA) is 102 Å². The van der Waals surface area contributed by atoms with E-state index in [9.17, 15) is 0 Å². The molecule has 0 unspecified atom stereocenters. The van der Waals surface area contributed by atoms with Gasteiger partial charge in [0.2, 0.25) is 0 Å². The number of ether oxygens (including phenoxy) is 1. The van der Waals surface area contributed by atoms with E-state index in [0.29, 0.717) is 19.9 Å². The highest BCUT2D eigenvalue weighted by Gasteiger charge is 2.53. The number of pyridine rings is 2. The van der Waals surface area contributed by atoms with Crippen LogP contribution in [-0.4, -0.2) is 63.9 Å². The molecule has 0 saturated carbocycles. The number of para-hydroxylation sites is 3. The maximum absolute atomic E-state index is 6.78. The zero-order valence-corrected chi connectivity index (χ0v) is 47.6. The van der Waals surface area contributed by atoms with Gasteiger partial charge < -0.3 is 42.0 Å². The molecule has 3 aliphatic rings. The lowest BCUT2D eigenvalue weighted by Gasteiger charge is -2.42. The third-order valence-corrected chi connectivity index (χ3v) is 14.5. The van der Waals surface area contributed by atoms with E-state index < -0.39 is 42.7 Å². The van der Waals surface area contributed by atoms with Gasteiger partial charge in [-0.15, -0.1) is 0 Å². The van der Waals surface area contributed by atoms with Crippen LogP contribution in [0.2, 0.25) is 21.3 Å². The predicted octanol–water partition coefficient (Wildman–Crippen LogP) is 12.8. The summed E-state index contributed by atoms with van der Waals surface area (Å²) in [4.78, 5) is 14.5. The number of nitrogens with zero attached hydrogens (tertiary/aromatic N) is 5. The Labute approximate surface area is 453 Å². The van der Waals surface area contributed by atoms with Gasteiger partial charge in [-0.05, 0) is 110 Å². The van der Waals surface area contributed by atoms with Gasteiger partial charge in [-0.3, -0.25) is 9.55 Å². The van der Waals surface area contributed by atoms with Gasteiger partial charge in [0.1, 0.15) is 12.5 Å². The van der Waals surface area contributed by atoms with Gasteiger partial charge in [0.25, 0.3) is 0 Å². The van der Waals surface area contributed by atoms with Gasteiger partial charge >= 0.3 is 42.7 Å². The van der Waals surface area contributed by atoms with Crippen LogP contribution in [0.1, 0.15) is 126 Å². The minimum atomic E-state index is -0.745. The van der Waals surface area contributed by atoms with Crippen LogP contribution in [-0.2, 0) is 50.8 Å². The molecule has 76 heavy (non-hydrogen) atoms. The molecule has 0 atom stereocenters. The van der Waals surface area contributed by atoms with Gasteiger partial charge in [-0.25, -0.2) is 4.98 Å². The molecule has 390 valence electrons. The Morgan fingerprint density at radius 1 is 0.513 bits per heavy atom. The smallest absolute Gasteiger partial charge is 0.452 e. The molecule has 3 aromatic heterocycles. The first-order valence-electron chi connectivity index (χ1n) is 26.9. The average Bonchev–Trinajstić information content (AvgIpc) is 3.93. The molecule has 10 rings (SSSR count). The molecular formula is C58H73B6N5O7. The standard InChI is InChI=1S/C58H73B6N5O7/c1-39-41(37-70-36-40-25-26-48-47-21-17-18-22-49(47)69(52(48)29-40)53-31-42(27-28-65-53)54(2,3)4)30-46(35-66-39)68-38-67(50-23-19-20-24-51(50)68)45-33-43(59-71-61(55(5,6)7)75-62(72-59)56(8,9)10)32-44(34-45)60-73-63(57(11,12)13)76-64(74-60)58(14,15)16/h17-35H,36-38H2,1-16H3. The Kier molecular flexibility index (Phi) is 14.3. The van der Waals surface area contributed by atoms with Crippen LogP contribution in [0.3, 0.4) is 0 Å². The summed E-state index contributed by atoms with van der Waals surface area (Å²) in [5.41, 5.74) is 12.1. The van der Waals surface area contributed by atoms with Crippen molar-refractivity contribution in [3.8, 4) is 5.82 Å². The van der Waals surface area contributed by atoms with E-state index in [1.165, 1.54) is 16.3 Å². The summed E-state index contributed by atoms with van der Waals surface area (Å²) in [5.74, 6) is 0.905. The first-order valence-corrected chi connectivity index (χ1v) is 26.9. The number of benzene rings is 4. The van der Waals surface area contributed by atoms with E-state index in [2.05, 4.69) is 221 Å². The lowest BCUT2D eigenvalue weighted by atomic mass is 9.49. The van der Waals surface area contributed by atoms with Crippen LogP contribution < -0.4 is 20.7 Å². The molecule has 0 spiro atoms. The van der Waals surface area contributed by atoms with Crippen molar-refractivity contribution >= 4 is 98.2 Å². The Hall–Kier alpha value is -5.31. The first kappa shape index (κ1) is 54.1. The minimum Gasteiger partial charge on any atom is -0.452 e. The molecule has 0 N–H and O–H groups in total. The summed E-state index contributed by atoms with van der Waals surface area (Å²) in [5, 5.41) is 1.07. The minimum absolute atomic E-state index is 0.0132. The monoisotopic (exact) mass is 1020 g/mol. The van der Waals surface area contributed by atoms with Crippen molar-refractivity contribution < 1.29 is 32.2 Å². The molecule has 0 aliphatic carbocycles. The SMILES string of the molecule is Cc1ncc(N2CN(c3cc(B4OB(C(C)(C)C)OB(C(C)(C)C)O4)cc(B4OB(C(C)(C)C)OB(C(C)(C)C)O4)c3)c3ccccc32)cc1COCc1ccc2c3ccccc3n(-c3cc(C(C)(C)C)ccn3)c2c1. The molecule has 7 aromatic rings. The second-order valence-corrected chi connectivity index (χ2v) is 26.4. The third-order valence-electron chi connectivity index (χ3n) is 14.5. The highest BCUT2D eigenvalue weighted by molar-refractivity contribution is 6.83. The molecule has 0 amide bonds. The zero-order chi connectivity index (χ0) is 54.3. The van der Waals surface area contributed by atoms with Crippen LogP contribution in [0.25, 0.3) is 27.6 Å². The van der Waals surface area contributed by atoms with Gasteiger partial charge in [0.05, 0.1) is 47.5 Å². The second-order valence-electron chi connectivity index (χ2n) is 26.4. The molecule has 2 fully saturated rings. The average molecular weight is 1020 g/mol. The number of rotatable bonds is 9. The van der Waals surface area contributed by atoms with E-state index in [-0.39, 0.29) is 26.7 Å². The number of aromatic nitrogens is 3. The van der Waals surface area contributed by atoms with E-state index >= 15 is 0 Å². The number of hydrogen-bond acceptors (Lipinski definition) is 11. The summed E-state index contributed by atoms with van der Waals surface area (Å²) in [6.07, 6.45) is 3.88. The van der Waals surface area contributed by atoms with Gasteiger partial charge in [0.15, 0.2) is 0 Å². The van der Waals surface area contributed by atoms with Gasteiger partial charge in [-0.2, -0.15) is 0 Å². The predicted molar refractivity (Wildman–Crippen MR) is 316 cm³/mol. The third kappa shape index (κ3) is 11.1. The Balaban J connectivity index is 0.962. The quantitative estimate of drug-likeness (QED) is 0.129. The zero-order valence-electron chi connectivity index (χ0n) is 47.6. The fourth-order valence-electron chi connectivity index (χ4n) is 10.1. The summed E-state index contributed by atoms with van der Waals surface area (Å²) in [6, 6.07) is 36.7. The summed E-state index contributed by atoms with van der Waals surface area (Å²) < 4.78 is 49.1. The fourth-order valence-corrected chi connectivity index (χ4v) is 10.1. The lowest BCUT2D eigenvalue weighted by Crippen LogP contribution is -2.61. The molecule has 4 aromatic carbocycles. The molecule has 12 nitrogen and oxygen atoms in total. The van der Waals surface area contributed by atoms with Crippen molar-refractivity contribution in [2.75, 3.05) is 16.5 Å². The largest absolute Gasteiger partial charge is 0.466 e. The maximum atomic E-state index is 6.78. The molecular weight excluding hydrogens is 944 g/mol. The number of anilines is 4. The van der Waals surface area contributed by atoms with Crippen LogP contribution in [0, 0.1) is 6.92 Å². The maximum Gasteiger partial charge on any atom is 0.466 e. The number of hydrogen-bond donors (Lipinski definition) is 0.